The van der Waals surface area contributed by atoms with Crippen molar-refractivity contribution < 1.29 is 118 Å². The van der Waals surface area contributed by atoms with E-state index in [1.54, 1.807) is 0 Å². The second-order valence-corrected chi connectivity index (χ2v) is 7.91. The molecule has 0 bridgehead atoms. The minimum atomic E-state index is -1.44. The molecule has 0 rings (SSSR count). The van der Waals surface area contributed by atoms with Crippen LogP contribution in [0.25, 0.3) is 0 Å². The molecule has 0 aromatic carbocycles. The Morgan fingerprint density at radius 1 is 0.576 bits per heavy atom. The van der Waals surface area contributed by atoms with Gasteiger partial charge in [0.25, 0.3) is 0 Å². The summed E-state index contributed by atoms with van der Waals surface area (Å²) in [6, 6.07) is -1.21. The summed E-state index contributed by atoms with van der Waals surface area (Å²) in [5, 5.41) is 29.8. The van der Waals surface area contributed by atoms with Crippen molar-refractivity contribution in [3.63, 3.8) is 0 Å². The van der Waals surface area contributed by atoms with E-state index >= 15 is 0 Å². The van der Waals surface area contributed by atoms with E-state index < -0.39 is 23.9 Å². The quantitative estimate of drug-likeness (QED) is 0.130. The van der Waals surface area contributed by atoms with E-state index in [0.717, 1.165) is 12.8 Å². The van der Waals surface area contributed by atoms with E-state index in [9.17, 15) is 29.7 Å². The van der Waals surface area contributed by atoms with Crippen molar-refractivity contribution in [1.29, 1.82) is 0 Å². The summed E-state index contributed by atoms with van der Waals surface area (Å²) < 4.78 is 0. The Bertz CT molecular complexity index is 442. The van der Waals surface area contributed by atoms with Crippen LogP contribution >= 0.6 is 0 Å². The molecule has 0 fully saturated rings. The summed E-state index contributed by atoms with van der Waals surface area (Å²) >= 11 is 0. The SMILES string of the molecule is CCCCCCCCCCCCCCCCCC(=O)[O-].NC(CCC(=O)[O-])C(=O)[O-].[Na+].[Na+].[Na+]. The van der Waals surface area contributed by atoms with Crippen LogP contribution in [0.15, 0.2) is 0 Å². The van der Waals surface area contributed by atoms with Crippen LogP contribution in [0.3, 0.4) is 0 Å². The average molecular weight is 498 g/mol. The van der Waals surface area contributed by atoms with Gasteiger partial charge in [-0.05, 0) is 25.7 Å². The van der Waals surface area contributed by atoms with Crippen LogP contribution in [0, 0.1) is 0 Å². The van der Waals surface area contributed by atoms with Crippen LogP contribution in [0.2, 0.25) is 0 Å². The Hall–Kier alpha value is 1.37. The van der Waals surface area contributed by atoms with E-state index in [1.807, 2.05) is 0 Å². The molecule has 0 aromatic rings. The molecule has 10 heteroatoms. The Morgan fingerprint density at radius 3 is 1.15 bits per heavy atom. The average Bonchev–Trinajstić information content (AvgIpc) is 2.69. The number of hydrogen-bond acceptors (Lipinski definition) is 7. The van der Waals surface area contributed by atoms with E-state index in [4.69, 9.17) is 5.73 Å². The first-order valence-corrected chi connectivity index (χ1v) is 11.7. The van der Waals surface area contributed by atoms with Crippen LogP contribution in [-0.4, -0.2) is 23.9 Å². The molecular weight excluding hydrogens is 455 g/mol. The number of nitrogens with two attached hydrogens (primary N) is 1. The first kappa shape index (κ1) is 44.4. The second-order valence-electron chi connectivity index (χ2n) is 7.91. The number of rotatable bonds is 20. The summed E-state index contributed by atoms with van der Waals surface area (Å²) in [4.78, 5) is 29.8. The summed E-state index contributed by atoms with van der Waals surface area (Å²) in [7, 11) is 0. The van der Waals surface area contributed by atoms with Crippen LogP contribution in [0.4, 0.5) is 0 Å². The molecule has 0 spiro atoms. The normalized spacial score (nSPS) is 10.4. The Balaban J connectivity index is -0.000000173. The number of carbonyl (C=O) groups is 3. The van der Waals surface area contributed by atoms with Gasteiger partial charge in [-0.15, -0.1) is 0 Å². The van der Waals surface area contributed by atoms with Gasteiger partial charge in [-0.3, -0.25) is 0 Å². The molecule has 0 amide bonds. The summed E-state index contributed by atoms with van der Waals surface area (Å²) in [5.74, 6) is -3.65. The van der Waals surface area contributed by atoms with Gasteiger partial charge in [-0.1, -0.05) is 96.8 Å². The largest absolute Gasteiger partial charge is 1.00 e. The first-order valence-electron chi connectivity index (χ1n) is 11.7. The Labute approximate surface area is 267 Å². The Kier molecular flexibility index (Phi) is 47.8. The van der Waals surface area contributed by atoms with Crippen molar-refractivity contribution in [3.8, 4) is 0 Å². The third-order valence-corrected chi connectivity index (χ3v) is 4.95. The molecule has 33 heavy (non-hydrogen) atoms. The van der Waals surface area contributed by atoms with E-state index in [0.29, 0.717) is 0 Å². The van der Waals surface area contributed by atoms with Gasteiger partial charge in [0.1, 0.15) is 0 Å². The van der Waals surface area contributed by atoms with E-state index in [-0.39, 0.29) is 108 Å². The maximum Gasteiger partial charge on any atom is 1.00 e. The summed E-state index contributed by atoms with van der Waals surface area (Å²) in [6.45, 7) is 2.27. The molecule has 7 nitrogen and oxygen atoms in total. The van der Waals surface area contributed by atoms with Crippen molar-refractivity contribution in [1.82, 2.24) is 0 Å². The third-order valence-electron chi connectivity index (χ3n) is 4.95. The molecule has 2 N–H and O–H groups in total. The third kappa shape index (κ3) is 43.8. The maximum absolute atomic E-state index is 10.2. The fraction of sp³-hybridized carbons (Fsp3) is 0.870. The second kappa shape index (κ2) is 35.5. The molecule has 0 aromatic heterocycles. The zero-order valence-electron chi connectivity index (χ0n) is 21.8. The fourth-order valence-corrected chi connectivity index (χ4v) is 3.03. The fourth-order valence-electron chi connectivity index (χ4n) is 3.03. The maximum atomic E-state index is 10.2. The number of unbranched alkanes of at least 4 members (excludes halogenated alkanes) is 14. The molecule has 0 heterocycles. The monoisotopic (exact) mass is 497 g/mol. The van der Waals surface area contributed by atoms with Gasteiger partial charge in [0.05, 0.1) is 5.97 Å². The predicted octanol–water partition coefficient (Wildman–Crippen LogP) is -7.40. The molecule has 0 aliphatic rings. The van der Waals surface area contributed by atoms with Crippen LogP contribution in [0.1, 0.15) is 122 Å². The van der Waals surface area contributed by atoms with Gasteiger partial charge in [-0.2, -0.15) is 0 Å². The minimum absolute atomic E-state index is 0. The number of carboxylic acid groups (broad SMARTS) is 3. The van der Waals surface area contributed by atoms with Crippen molar-refractivity contribution in [2.75, 3.05) is 0 Å². The minimum Gasteiger partial charge on any atom is -0.550 e. The van der Waals surface area contributed by atoms with Gasteiger partial charge in [-0.25, -0.2) is 0 Å². The van der Waals surface area contributed by atoms with Gasteiger partial charge < -0.3 is 35.4 Å². The number of hydrogen-bond donors (Lipinski definition) is 1. The molecular formula is C23H42NNa3O6. The predicted molar refractivity (Wildman–Crippen MR) is 112 cm³/mol. The number of aliphatic carboxylic acids is 3. The molecule has 0 saturated heterocycles. The van der Waals surface area contributed by atoms with Gasteiger partial charge in [0.2, 0.25) is 0 Å². The number of carbonyl (C=O) groups excluding carboxylic acids is 3. The van der Waals surface area contributed by atoms with Gasteiger partial charge in [0, 0.05) is 18.0 Å². The van der Waals surface area contributed by atoms with Crippen LogP contribution < -0.4 is 110 Å². The first-order chi connectivity index (χ1) is 14.3. The standard InChI is InChI=1S/C18H36O2.C5H9NO4.3Na/c1-2-3-4-5-6-7-8-9-10-11-12-13-14-15-16-17-18(19)20;6-3(5(9)10)1-2-4(7)8;;;/h2-17H2,1H3,(H,19,20);3H,1-2,6H2,(H,7,8)(H,9,10);;;/q;;3*+1/p-3. The van der Waals surface area contributed by atoms with Crippen molar-refractivity contribution in [2.45, 2.75) is 129 Å². The topological polar surface area (TPSA) is 146 Å². The molecule has 1 unspecified atom stereocenters. The van der Waals surface area contributed by atoms with E-state index in [2.05, 4.69) is 6.92 Å². The zero-order chi connectivity index (χ0) is 23.0. The Morgan fingerprint density at radius 2 is 0.879 bits per heavy atom. The van der Waals surface area contributed by atoms with Gasteiger partial charge in [0.15, 0.2) is 0 Å². The van der Waals surface area contributed by atoms with Crippen LogP contribution in [0.5, 0.6) is 0 Å². The summed E-state index contributed by atoms with van der Waals surface area (Å²) in [5.41, 5.74) is 4.91. The zero-order valence-corrected chi connectivity index (χ0v) is 27.8. The van der Waals surface area contributed by atoms with Crippen molar-refractivity contribution >= 4 is 17.9 Å². The van der Waals surface area contributed by atoms with Crippen LogP contribution in [-0.2, 0) is 14.4 Å². The summed E-state index contributed by atoms with van der Waals surface area (Å²) in [6.07, 6.45) is 19.4. The molecule has 178 valence electrons. The molecule has 0 radical (unpaired) electrons. The molecule has 0 aliphatic carbocycles. The molecule has 0 aliphatic heterocycles. The smallest absolute Gasteiger partial charge is 0.550 e. The van der Waals surface area contributed by atoms with Crippen molar-refractivity contribution in [2.24, 2.45) is 5.73 Å². The van der Waals surface area contributed by atoms with E-state index in [1.165, 1.54) is 83.5 Å². The van der Waals surface area contributed by atoms with Gasteiger partial charge >= 0.3 is 88.7 Å². The van der Waals surface area contributed by atoms with Crippen molar-refractivity contribution in [3.05, 3.63) is 0 Å². The number of carboxylic acids is 3. The molecule has 1 atom stereocenters. The molecule has 0 saturated carbocycles.